The Hall–Kier alpha value is -2.12. The van der Waals surface area contributed by atoms with Crippen molar-refractivity contribution in [1.29, 1.82) is 0 Å². The van der Waals surface area contributed by atoms with Crippen LogP contribution in [0.15, 0.2) is 54.6 Å². The van der Waals surface area contributed by atoms with E-state index in [9.17, 15) is 5.11 Å². The molecule has 0 heterocycles. The van der Waals surface area contributed by atoms with E-state index in [1.165, 1.54) is 33.0 Å². The van der Waals surface area contributed by atoms with Crippen LogP contribution in [0.3, 0.4) is 0 Å². The van der Waals surface area contributed by atoms with Crippen LogP contribution in [0.2, 0.25) is 0 Å². The van der Waals surface area contributed by atoms with Crippen LogP contribution in [0.1, 0.15) is 19.4 Å². The van der Waals surface area contributed by atoms with E-state index < -0.39 is 5.60 Å². The minimum atomic E-state index is -0.838. The van der Waals surface area contributed by atoms with Crippen molar-refractivity contribution in [2.75, 3.05) is 0 Å². The lowest BCUT2D eigenvalue weighted by Crippen LogP contribution is -2.16. The number of hydrogen-bond acceptors (Lipinski definition) is 1. The van der Waals surface area contributed by atoms with Gasteiger partial charge in [0.05, 0.1) is 5.60 Å². The predicted molar refractivity (Wildman–Crippen MR) is 83.6 cm³/mol. The second-order valence-corrected chi connectivity index (χ2v) is 6.00. The SMILES string of the molecule is CC(C)(O)c1cccc2c1-c1cccc3cccc-2c13. The molecule has 0 radical (unpaired) electrons. The Morgan fingerprint density at radius 3 is 2.05 bits per heavy atom. The van der Waals surface area contributed by atoms with Crippen LogP contribution < -0.4 is 0 Å². The molecule has 0 spiro atoms. The molecule has 1 aliphatic carbocycles. The third-order valence-corrected chi connectivity index (χ3v) is 4.19. The Balaban J connectivity index is 2.20. The van der Waals surface area contributed by atoms with Crippen LogP contribution in [-0.2, 0) is 5.60 Å². The van der Waals surface area contributed by atoms with E-state index in [4.69, 9.17) is 0 Å². The predicted octanol–water partition coefficient (Wildman–Crippen LogP) is 4.71. The molecule has 0 aromatic heterocycles. The molecule has 1 heteroatoms. The average Bonchev–Trinajstić information content (AvgIpc) is 2.75. The molecule has 0 saturated carbocycles. The molecular weight excluding hydrogens is 244 g/mol. The van der Waals surface area contributed by atoms with E-state index in [1.54, 1.807) is 0 Å². The first-order valence-electron chi connectivity index (χ1n) is 6.96. The molecule has 0 saturated heterocycles. The summed E-state index contributed by atoms with van der Waals surface area (Å²) < 4.78 is 0. The van der Waals surface area contributed by atoms with Crippen LogP contribution in [-0.4, -0.2) is 5.11 Å². The Labute approximate surface area is 118 Å². The van der Waals surface area contributed by atoms with Gasteiger partial charge < -0.3 is 5.11 Å². The monoisotopic (exact) mass is 260 g/mol. The molecule has 0 amide bonds. The number of fused-ring (bicyclic) bond motifs is 3. The van der Waals surface area contributed by atoms with Gasteiger partial charge in [-0.1, -0.05) is 54.6 Å². The summed E-state index contributed by atoms with van der Waals surface area (Å²) in [5, 5.41) is 13.1. The molecule has 0 aliphatic heterocycles. The quantitative estimate of drug-likeness (QED) is 0.525. The molecule has 1 aliphatic rings. The summed E-state index contributed by atoms with van der Waals surface area (Å²) in [6.07, 6.45) is 0. The highest BCUT2D eigenvalue weighted by Crippen LogP contribution is 2.50. The van der Waals surface area contributed by atoms with Crippen molar-refractivity contribution in [2.45, 2.75) is 19.4 Å². The van der Waals surface area contributed by atoms with E-state index in [1.807, 2.05) is 26.0 Å². The molecule has 4 rings (SSSR count). The number of aliphatic hydroxyl groups is 1. The summed E-state index contributed by atoms with van der Waals surface area (Å²) in [7, 11) is 0. The number of benzene rings is 3. The number of rotatable bonds is 1. The fraction of sp³-hybridized carbons (Fsp3) is 0.158. The van der Waals surface area contributed by atoms with Crippen LogP contribution in [0, 0.1) is 0 Å². The minimum absolute atomic E-state index is 0.838. The second-order valence-electron chi connectivity index (χ2n) is 6.00. The van der Waals surface area contributed by atoms with Gasteiger partial charge in [-0.25, -0.2) is 0 Å². The van der Waals surface area contributed by atoms with Crippen molar-refractivity contribution < 1.29 is 5.11 Å². The lowest BCUT2D eigenvalue weighted by atomic mass is 9.88. The molecule has 0 fully saturated rings. The first-order chi connectivity index (χ1) is 9.57. The van der Waals surface area contributed by atoms with Gasteiger partial charge in [-0.2, -0.15) is 0 Å². The molecule has 0 atom stereocenters. The second kappa shape index (κ2) is 3.71. The van der Waals surface area contributed by atoms with Gasteiger partial charge in [-0.3, -0.25) is 0 Å². The maximum Gasteiger partial charge on any atom is 0.0846 e. The van der Waals surface area contributed by atoms with Gasteiger partial charge in [0.1, 0.15) is 0 Å². The largest absolute Gasteiger partial charge is 0.386 e. The molecule has 1 N–H and O–H groups in total. The zero-order valence-corrected chi connectivity index (χ0v) is 11.6. The van der Waals surface area contributed by atoms with Crippen LogP contribution in [0.5, 0.6) is 0 Å². The zero-order valence-electron chi connectivity index (χ0n) is 11.6. The lowest BCUT2D eigenvalue weighted by molar-refractivity contribution is 0.0793. The summed E-state index contributed by atoms with van der Waals surface area (Å²) in [6.45, 7) is 3.71. The van der Waals surface area contributed by atoms with Crippen molar-refractivity contribution in [3.8, 4) is 22.3 Å². The van der Waals surface area contributed by atoms with Crippen molar-refractivity contribution in [1.82, 2.24) is 0 Å². The van der Waals surface area contributed by atoms with E-state index in [2.05, 4.69) is 42.5 Å². The van der Waals surface area contributed by atoms with Gasteiger partial charge in [-0.05, 0) is 52.4 Å². The first-order valence-corrected chi connectivity index (χ1v) is 6.96. The smallest absolute Gasteiger partial charge is 0.0846 e. The van der Waals surface area contributed by atoms with Crippen LogP contribution in [0.25, 0.3) is 33.0 Å². The molecule has 20 heavy (non-hydrogen) atoms. The highest BCUT2D eigenvalue weighted by Gasteiger charge is 2.28. The van der Waals surface area contributed by atoms with Crippen LogP contribution in [0.4, 0.5) is 0 Å². The molecule has 0 bridgehead atoms. The summed E-state index contributed by atoms with van der Waals surface area (Å²) in [6, 6.07) is 19.1. The highest BCUT2D eigenvalue weighted by molar-refractivity contribution is 6.15. The summed E-state index contributed by atoms with van der Waals surface area (Å²) in [5.41, 5.74) is 5.10. The molecule has 98 valence electrons. The van der Waals surface area contributed by atoms with Gasteiger partial charge in [0.2, 0.25) is 0 Å². The maximum absolute atomic E-state index is 10.5. The molecule has 1 nitrogen and oxygen atoms in total. The van der Waals surface area contributed by atoms with Gasteiger partial charge in [0.15, 0.2) is 0 Å². The van der Waals surface area contributed by atoms with Gasteiger partial charge >= 0.3 is 0 Å². The van der Waals surface area contributed by atoms with E-state index >= 15 is 0 Å². The fourth-order valence-corrected chi connectivity index (χ4v) is 3.35. The van der Waals surface area contributed by atoms with Gasteiger partial charge in [0, 0.05) is 0 Å². The summed E-state index contributed by atoms with van der Waals surface area (Å²) in [4.78, 5) is 0. The maximum atomic E-state index is 10.5. The lowest BCUT2D eigenvalue weighted by Gasteiger charge is -2.22. The number of hydrogen-bond donors (Lipinski definition) is 1. The Bertz CT molecular complexity index is 833. The van der Waals surface area contributed by atoms with Crippen molar-refractivity contribution in [2.24, 2.45) is 0 Å². The van der Waals surface area contributed by atoms with Crippen LogP contribution >= 0.6 is 0 Å². The summed E-state index contributed by atoms with van der Waals surface area (Å²) >= 11 is 0. The van der Waals surface area contributed by atoms with Gasteiger partial charge in [0.25, 0.3) is 0 Å². The van der Waals surface area contributed by atoms with Crippen molar-refractivity contribution >= 4 is 10.8 Å². The third-order valence-electron chi connectivity index (χ3n) is 4.19. The topological polar surface area (TPSA) is 20.2 Å². The van der Waals surface area contributed by atoms with Crippen molar-refractivity contribution in [3.63, 3.8) is 0 Å². The van der Waals surface area contributed by atoms with E-state index in [0.29, 0.717) is 0 Å². The molecule has 0 unspecified atom stereocenters. The average molecular weight is 260 g/mol. The fourth-order valence-electron chi connectivity index (χ4n) is 3.35. The van der Waals surface area contributed by atoms with Gasteiger partial charge in [-0.15, -0.1) is 0 Å². The Morgan fingerprint density at radius 2 is 1.35 bits per heavy atom. The van der Waals surface area contributed by atoms with E-state index in [0.717, 1.165) is 5.56 Å². The zero-order chi connectivity index (χ0) is 13.9. The Morgan fingerprint density at radius 1 is 0.750 bits per heavy atom. The third kappa shape index (κ3) is 1.41. The normalized spacial score (nSPS) is 12.8. The highest BCUT2D eigenvalue weighted by atomic mass is 16.3. The first kappa shape index (κ1) is 11.7. The molecule has 3 aromatic rings. The standard InChI is InChI=1S/C19H16O/c1-19(2,20)16-11-5-9-14-13-8-3-6-12-7-4-10-15(17(12)13)18(14)16/h3-11,20H,1-2H3. The van der Waals surface area contributed by atoms with E-state index in [-0.39, 0.29) is 0 Å². The minimum Gasteiger partial charge on any atom is -0.386 e. The Kier molecular flexibility index (Phi) is 2.17. The summed E-state index contributed by atoms with van der Waals surface area (Å²) in [5.74, 6) is 0. The molecular formula is C19H16O. The van der Waals surface area contributed by atoms with Crippen molar-refractivity contribution in [3.05, 3.63) is 60.2 Å². The molecule has 3 aromatic carbocycles.